The molecule has 0 aliphatic carbocycles. The summed E-state index contributed by atoms with van der Waals surface area (Å²) in [5.41, 5.74) is 0.783. The van der Waals surface area contributed by atoms with E-state index in [1.54, 1.807) is 18.2 Å². The Morgan fingerprint density at radius 2 is 2.21 bits per heavy atom. The van der Waals surface area contributed by atoms with E-state index in [4.69, 9.17) is 21.4 Å². The molecule has 2 nitrogen and oxygen atoms in total. The second-order valence-corrected chi connectivity index (χ2v) is 3.55. The lowest BCUT2D eigenvalue weighted by Gasteiger charge is -2.09. The van der Waals surface area contributed by atoms with Crippen LogP contribution in [0.2, 0.25) is 5.02 Å². The van der Waals surface area contributed by atoms with Gasteiger partial charge in [-0.2, -0.15) is 0 Å². The maximum absolute atomic E-state index is 9.04. The van der Waals surface area contributed by atoms with E-state index >= 15 is 0 Å². The zero-order valence-electron chi connectivity index (χ0n) is 8.29. The monoisotopic (exact) mass is 214 g/mol. The number of aliphatic hydroxyl groups excluding tert-OH is 1. The van der Waals surface area contributed by atoms with Crippen LogP contribution < -0.4 is 4.74 Å². The molecule has 0 radical (unpaired) electrons. The molecule has 0 unspecified atom stereocenters. The minimum Gasteiger partial charge on any atom is -0.493 e. The van der Waals surface area contributed by atoms with Crippen molar-refractivity contribution in [3.8, 4) is 5.75 Å². The van der Waals surface area contributed by atoms with Crippen molar-refractivity contribution in [1.82, 2.24) is 0 Å². The lowest BCUT2D eigenvalue weighted by Crippen LogP contribution is -1.99. The van der Waals surface area contributed by atoms with Crippen LogP contribution in [-0.4, -0.2) is 11.7 Å². The van der Waals surface area contributed by atoms with E-state index in [1.165, 1.54) is 0 Å². The highest BCUT2D eigenvalue weighted by atomic mass is 35.5. The van der Waals surface area contributed by atoms with Crippen LogP contribution in [0.25, 0.3) is 0 Å². The van der Waals surface area contributed by atoms with E-state index in [1.807, 2.05) is 0 Å². The molecule has 78 valence electrons. The fourth-order valence-electron chi connectivity index (χ4n) is 1.12. The smallest absolute Gasteiger partial charge is 0.126 e. The zero-order chi connectivity index (χ0) is 10.4. The third kappa shape index (κ3) is 3.20. The van der Waals surface area contributed by atoms with Gasteiger partial charge in [-0.25, -0.2) is 0 Å². The minimum absolute atomic E-state index is 0.0153. The average molecular weight is 215 g/mol. The van der Waals surface area contributed by atoms with E-state index in [0.717, 1.165) is 18.4 Å². The lowest BCUT2D eigenvalue weighted by atomic mass is 10.2. The van der Waals surface area contributed by atoms with E-state index in [0.29, 0.717) is 17.4 Å². The fraction of sp³-hybridized carbons (Fsp3) is 0.455. The molecule has 0 bridgehead atoms. The van der Waals surface area contributed by atoms with Gasteiger partial charge < -0.3 is 9.84 Å². The SMILES string of the molecule is CCCCOc1cc(Cl)ccc1CO. The Kier molecular flexibility index (Phi) is 4.77. The van der Waals surface area contributed by atoms with Gasteiger partial charge in [-0.1, -0.05) is 31.0 Å². The van der Waals surface area contributed by atoms with Crippen molar-refractivity contribution < 1.29 is 9.84 Å². The van der Waals surface area contributed by atoms with Crippen LogP contribution in [0, 0.1) is 0 Å². The first-order valence-corrected chi connectivity index (χ1v) is 5.17. The Bertz CT molecular complexity index is 287. The van der Waals surface area contributed by atoms with Crippen LogP contribution in [0.4, 0.5) is 0 Å². The highest BCUT2D eigenvalue weighted by Gasteiger charge is 2.03. The van der Waals surface area contributed by atoms with Crippen molar-refractivity contribution in [3.05, 3.63) is 28.8 Å². The Balaban J connectivity index is 2.67. The van der Waals surface area contributed by atoms with Crippen LogP contribution >= 0.6 is 11.6 Å². The lowest BCUT2D eigenvalue weighted by molar-refractivity contribution is 0.261. The summed E-state index contributed by atoms with van der Waals surface area (Å²) in [6, 6.07) is 5.27. The maximum Gasteiger partial charge on any atom is 0.126 e. The van der Waals surface area contributed by atoms with Gasteiger partial charge in [0.25, 0.3) is 0 Å². The highest BCUT2D eigenvalue weighted by molar-refractivity contribution is 6.30. The predicted octanol–water partition coefficient (Wildman–Crippen LogP) is 3.01. The van der Waals surface area contributed by atoms with Crippen molar-refractivity contribution in [2.24, 2.45) is 0 Å². The Labute approximate surface area is 89.5 Å². The number of rotatable bonds is 5. The molecular weight excluding hydrogens is 200 g/mol. The van der Waals surface area contributed by atoms with Crippen molar-refractivity contribution in [1.29, 1.82) is 0 Å². The Morgan fingerprint density at radius 3 is 2.86 bits per heavy atom. The quantitative estimate of drug-likeness (QED) is 0.764. The molecule has 0 saturated heterocycles. The van der Waals surface area contributed by atoms with E-state index < -0.39 is 0 Å². The Morgan fingerprint density at radius 1 is 1.43 bits per heavy atom. The number of aliphatic hydroxyl groups is 1. The molecule has 0 spiro atoms. The van der Waals surface area contributed by atoms with Gasteiger partial charge in [-0.15, -0.1) is 0 Å². The maximum atomic E-state index is 9.04. The summed E-state index contributed by atoms with van der Waals surface area (Å²) in [5.74, 6) is 0.688. The molecule has 0 aliphatic rings. The summed E-state index contributed by atoms with van der Waals surface area (Å²) in [7, 11) is 0. The molecule has 0 amide bonds. The molecule has 0 aliphatic heterocycles. The summed E-state index contributed by atoms with van der Waals surface area (Å²) in [5, 5.41) is 9.68. The molecule has 1 aromatic rings. The molecule has 0 aromatic heterocycles. The number of hydrogen-bond donors (Lipinski definition) is 1. The number of hydrogen-bond acceptors (Lipinski definition) is 2. The predicted molar refractivity (Wildman–Crippen MR) is 57.8 cm³/mol. The number of unbranched alkanes of at least 4 members (excludes halogenated alkanes) is 1. The van der Waals surface area contributed by atoms with Crippen molar-refractivity contribution in [3.63, 3.8) is 0 Å². The first kappa shape index (κ1) is 11.3. The van der Waals surface area contributed by atoms with Gasteiger partial charge in [0, 0.05) is 10.6 Å². The Hall–Kier alpha value is -0.730. The number of halogens is 1. The van der Waals surface area contributed by atoms with Crippen LogP contribution in [0.1, 0.15) is 25.3 Å². The van der Waals surface area contributed by atoms with Gasteiger partial charge in [0.1, 0.15) is 5.75 Å². The number of benzene rings is 1. The topological polar surface area (TPSA) is 29.5 Å². The third-order valence-electron chi connectivity index (χ3n) is 1.96. The second-order valence-electron chi connectivity index (χ2n) is 3.11. The summed E-state index contributed by atoms with van der Waals surface area (Å²) in [4.78, 5) is 0. The first-order chi connectivity index (χ1) is 6.77. The van der Waals surface area contributed by atoms with Gasteiger partial charge in [-0.3, -0.25) is 0 Å². The van der Waals surface area contributed by atoms with Gasteiger partial charge in [0.05, 0.1) is 13.2 Å². The van der Waals surface area contributed by atoms with Crippen LogP contribution in [0.15, 0.2) is 18.2 Å². The van der Waals surface area contributed by atoms with Gasteiger partial charge >= 0.3 is 0 Å². The summed E-state index contributed by atoms with van der Waals surface area (Å²) >= 11 is 5.82. The van der Waals surface area contributed by atoms with Crippen molar-refractivity contribution in [2.75, 3.05) is 6.61 Å². The minimum atomic E-state index is -0.0153. The normalized spacial score (nSPS) is 10.2. The molecular formula is C11H15ClO2. The summed E-state index contributed by atoms with van der Waals surface area (Å²) in [6.07, 6.45) is 2.10. The van der Waals surface area contributed by atoms with Crippen LogP contribution in [0.3, 0.4) is 0 Å². The molecule has 1 aromatic carbocycles. The zero-order valence-corrected chi connectivity index (χ0v) is 9.05. The molecule has 0 saturated carbocycles. The highest BCUT2D eigenvalue weighted by Crippen LogP contribution is 2.23. The molecule has 14 heavy (non-hydrogen) atoms. The van der Waals surface area contributed by atoms with Gasteiger partial charge in [0.2, 0.25) is 0 Å². The largest absolute Gasteiger partial charge is 0.493 e. The number of ether oxygens (including phenoxy) is 1. The van der Waals surface area contributed by atoms with Crippen molar-refractivity contribution in [2.45, 2.75) is 26.4 Å². The molecule has 1 N–H and O–H groups in total. The molecule has 0 heterocycles. The molecule has 0 atom stereocenters. The van der Waals surface area contributed by atoms with E-state index in [9.17, 15) is 0 Å². The van der Waals surface area contributed by atoms with Gasteiger partial charge in [-0.05, 0) is 18.6 Å². The standard InChI is InChI=1S/C11H15ClO2/c1-2-3-6-14-11-7-10(12)5-4-9(11)8-13/h4-5,7,13H,2-3,6,8H2,1H3. The fourth-order valence-corrected chi connectivity index (χ4v) is 1.28. The van der Waals surface area contributed by atoms with E-state index in [-0.39, 0.29) is 6.61 Å². The van der Waals surface area contributed by atoms with Gasteiger partial charge in [0.15, 0.2) is 0 Å². The van der Waals surface area contributed by atoms with Crippen molar-refractivity contribution >= 4 is 11.6 Å². The third-order valence-corrected chi connectivity index (χ3v) is 2.19. The first-order valence-electron chi connectivity index (χ1n) is 4.80. The summed E-state index contributed by atoms with van der Waals surface area (Å²) in [6.45, 7) is 2.76. The second kappa shape index (κ2) is 5.89. The summed E-state index contributed by atoms with van der Waals surface area (Å²) < 4.78 is 5.50. The molecule has 0 fully saturated rings. The average Bonchev–Trinajstić information content (AvgIpc) is 2.19. The molecule has 3 heteroatoms. The van der Waals surface area contributed by atoms with E-state index in [2.05, 4.69) is 6.92 Å². The van der Waals surface area contributed by atoms with Crippen LogP contribution in [0.5, 0.6) is 5.75 Å². The molecule has 1 rings (SSSR count). The van der Waals surface area contributed by atoms with Crippen LogP contribution in [-0.2, 0) is 6.61 Å².